The molecule has 1 aliphatic rings. The van der Waals surface area contributed by atoms with Crippen molar-refractivity contribution in [1.82, 2.24) is 5.32 Å². The second-order valence-electron chi connectivity index (χ2n) is 4.72. The summed E-state index contributed by atoms with van der Waals surface area (Å²) in [5, 5.41) is 7.50. The molecule has 0 bridgehead atoms. The summed E-state index contributed by atoms with van der Waals surface area (Å²) in [4.78, 5) is 23.4. The van der Waals surface area contributed by atoms with Gasteiger partial charge in [-0.3, -0.25) is 9.59 Å². The second-order valence-corrected chi connectivity index (χ2v) is 4.72. The largest absolute Gasteiger partial charge is 0.345 e. The van der Waals surface area contributed by atoms with Gasteiger partial charge in [-0.15, -0.1) is 0 Å². The predicted octanol–water partition coefficient (Wildman–Crippen LogP) is -0.361. The summed E-state index contributed by atoms with van der Waals surface area (Å²) in [6.07, 6.45) is 1.19. The van der Waals surface area contributed by atoms with Gasteiger partial charge in [-0.1, -0.05) is 19.1 Å². The van der Waals surface area contributed by atoms with Crippen molar-refractivity contribution in [2.24, 2.45) is 0 Å². The number of quaternary nitrogens is 1. The molecular weight excluding hydrogens is 242 g/mol. The number of benzene rings is 1. The minimum Gasteiger partial charge on any atom is -0.345 e. The van der Waals surface area contributed by atoms with Gasteiger partial charge in [0.15, 0.2) is 6.04 Å². The van der Waals surface area contributed by atoms with Crippen LogP contribution < -0.4 is 16.0 Å². The molecule has 0 spiro atoms. The summed E-state index contributed by atoms with van der Waals surface area (Å²) in [5.41, 5.74) is 2.01. The number of piperazine rings is 1. The number of amides is 2. The molecule has 5 heteroatoms. The second kappa shape index (κ2) is 6.33. The van der Waals surface area contributed by atoms with E-state index >= 15 is 0 Å². The maximum atomic E-state index is 11.9. The van der Waals surface area contributed by atoms with Gasteiger partial charge in [-0.2, -0.15) is 0 Å². The van der Waals surface area contributed by atoms with E-state index in [4.69, 9.17) is 0 Å². The molecule has 0 aromatic heterocycles. The van der Waals surface area contributed by atoms with E-state index in [1.54, 1.807) is 0 Å². The third-order valence-corrected chi connectivity index (χ3v) is 3.28. The fraction of sp³-hybridized carbons (Fsp3) is 0.429. The fourth-order valence-electron chi connectivity index (χ4n) is 2.13. The van der Waals surface area contributed by atoms with E-state index in [0.717, 1.165) is 18.7 Å². The lowest BCUT2D eigenvalue weighted by Gasteiger charge is -2.19. The molecule has 2 rings (SSSR count). The maximum Gasteiger partial charge on any atom is 0.278 e. The normalized spacial score (nSPS) is 18.8. The van der Waals surface area contributed by atoms with E-state index in [2.05, 4.69) is 17.6 Å². The Kier molecular flexibility index (Phi) is 4.52. The van der Waals surface area contributed by atoms with E-state index in [1.165, 1.54) is 5.56 Å². The number of carbonyl (C=O) groups is 2. The number of aryl methyl sites for hydroxylation is 1. The molecule has 4 N–H and O–H groups in total. The Labute approximate surface area is 112 Å². The molecule has 1 aliphatic heterocycles. The van der Waals surface area contributed by atoms with Gasteiger partial charge < -0.3 is 16.0 Å². The molecule has 1 aromatic rings. The minimum atomic E-state index is -0.302. The Morgan fingerprint density at radius 1 is 1.42 bits per heavy atom. The lowest BCUT2D eigenvalue weighted by atomic mass is 10.1. The van der Waals surface area contributed by atoms with E-state index in [0.29, 0.717) is 6.54 Å². The van der Waals surface area contributed by atoms with Crippen molar-refractivity contribution in [3.05, 3.63) is 29.8 Å². The van der Waals surface area contributed by atoms with Gasteiger partial charge in [-0.25, -0.2) is 0 Å². The number of anilines is 1. The number of rotatable bonds is 4. The van der Waals surface area contributed by atoms with Crippen LogP contribution in [-0.2, 0) is 16.0 Å². The first-order valence-electron chi connectivity index (χ1n) is 6.69. The van der Waals surface area contributed by atoms with Gasteiger partial charge in [0, 0.05) is 5.69 Å². The number of nitrogens with two attached hydrogens (primary N) is 1. The van der Waals surface area contributed by atoms with Gasteiger partial charge in [0.2, 0.25) is 5.91 Å². The quantitative estimate of drug-likeness (QED) is 0.693. The average molecular weight is 262 g/mol. The highest BCUT2D eigenvalue weighted by Crippen LogP contribution is 2.10. The molecule has 19 heavy (non-hydrogen) atoms. The standard InChI is InChI=1S/C14H19N3O2/c1-2-10-3-5-11(6-4-10)17-13(18)9-12-14(19)16-8-7-15-12/h3-6,12,15H,2,7-9H2,1H3,(H,16,19)(H,17,18)/p+1/t12-/m0/s1. The molecular formula is C14H20N3O2+. The smallest absolute Gasteiger partial charge is 0.278 e. The summed E-state index contributed by atoms with van der Waals surface area (Å²) < 4.78 is 0. The van der Waals surface area contributed by atoms with Crippen LogP contribution in [0.25, 0.3) is 0 Å². The van der Waals surface area contributed by atoms with Crippen molar-refractivity contribution >= 4 is 17.5 Å². The number of hydrogen-bond donors (Lipinski definition) is 3. The third-order valence-electron chi connectivity index (χ3n) is 3.28. The predicted molar refractivity (Wildman–Crippen MR) is 72.7 cm³/mol. The molecule has 2 amide bonds. The third kappa shape index (κ3) is 3.79. The monoisotopic (exact) mass is 262 g/mol. The first-order valence-corrected chi connectivity index (χ1v) is 6.69. The molecule has 102 valence electrons. The number of nitrogens with one attached hydrogen (secondary N) is 2. The van der Waals surface area contributed by atoms with Crippen molar-refractivity contribution in [3.63, 3.8) is 0 Å². The highest BCUT2D eigenvalue weighted by Gasteiger charge is 2.27. The van der Waals surface area contributed by atoms with Crippen LogP contribution in [0.2, 0.25) is 0 Å². The molecule has 1 saturated heterocycles. The molecule has 0 saturated carbocycles. The van der Waals surface area contributed by atoms with Crippen molar-refractivity contribution in [3.8, 4) is 0 Å². The van der Waals surface area contributed by atoms with E-state index in [1.807, 2.05) is 29.6 Å². The maximum absolute atomic E-state index is 11.9. The number of hydrogen-bond acceptors (Lipinski definition) is 2. The zero-order valence-electron chi connectivity index (χ0n) is 11.1. The van der Waals surface area contributed by atoms with Crippen LogP contribution in [0, 0.1) is 0 Å². The zero-order chi connectivity index (χ0) is 13.7. The molecule has 0 aliphatic carbocycles. The summed E-state index contributed by atoms with van der Waals surface area (Å²) >= 11 is 0. The Balaban J connectivity index is 1.87. The molecule has 0 unspecified atom stereocenters. The fourth-order valence-corrected chi connectivity index (χ4v) is 2.13. The molecule has 1 fully saturated rings. The van der Waals surface area contributed by atoms with E-state index in [9.17, 15) is 9.59 Å². The van der Waals surface area contributed by atoms with Gasteiger partial charge in [0.25, 0.3) is 5.91 Å². The number of carbonyl (C=O) groups excluding carboxylic acids is 2. The van der Waals surface area contributed by atoms with Crippen molar-refractivity contribution < 1.29 is 14.9 Å². The topological polar surface area (TPSA) is 74.8 Å². The molecule has 1 atom stereocenters. The Morgan fingerprint density at radius 2 is 2.16 bits per heavy atom. The van der Waals surface area contributed by atoms with Crippen LogP contribution in [0.15, 0.2) is 24.3 Å². The van der Waals surface area contributed by atoms with Gasteiger partial charge in [0.05, 0.1) is 19.5 Å². The molecule has 1 heterocycles. The first-order chi connectivity index (χ1) is 9.19. The molecule has 5 nitrogen and oxygen atoms in total. The van der Waals surface area contributed by atoms with Crippen LogP contribution in [0.4, 0.5) is 5.69 Å². The lowest BCUT2D eigenvalue weighted by molar-refractivity contribution is -0.678. The SMILES string of the molecule is CCc1ccc(NC(=O)C[C@@H]2[NH2+]CCNC2=O)cc1. The zero-order valence-corrected chi connectivity index (χ0v) is 11.1. The van der Waals surface area contributed by atoms with Crippen LogP contribution in [0.5, 0.6) is 0 Å². The lowest BCUT2D eigenvalue weighted by Crippen LogP contribution is -2.96. The Bertz CT molecular complexity index is 456. The van der Waals surface area contributed by atoms with Crippen LogP contribution >= 0.6 is 0 Å². The van der Waals surface area contributed by atoms with Crippen molar-refractivity contribution in [1.29, 1.82) is 0 Å². The van der Waals surface area contributed by atoms with Crippen molar-refractivity contribution in [2.75, 3.05) is 18.4 Å². The van der Waals surface area contributed by atoms with Gasteiger partial charge >= 0.3 is 0 Å². The van der Waals surface area contributed by atoms with Crippen molar-refractivity contribution in [2.45, 2.75) is 25.8 Å². The Hall–Kier alpha value is -1.88. The molecule has 1 aromatic carbocycles. The average Bonchev–Trinajstić information content (AvgIpc) is 2.42. The van der Waals surface area contributed by atoms with Crippen LogP contribution in [-0.4, -0.2) is 30.9 Å². The summed E-state index contributed by atoms with van der Waals surface area (Å²) in [6.45, 7) is 3.59. The van der Waals surface area contributed by atoms with Gasteiger partial charge in [-0.05, 0) is 24.1 Å². The van der Waals surface area contributed by atoms with Crippen LogP contribution in [0.1, 0.15) is 18.9 Å². The molecule has 0 radical (unpaired) electrons. The summed E-state index contributed by atoms with van der Waals surface area (Å²) in [6, 6.07) is 7.47. The van der Waals surface area contributed by atoms with Gasteiger partial charge in [0.1, 0.15) is 0 Å². The van der Waals surface area contributed by atoms with E-state index in [-0.39, 0.29) is 24.3 Å². The minimum absolute atomic E-state index is 0.0530. The highest BCUT2D eigenvalue weighted by molar-refractivity contribution is 5.94. The van der Waals surface area contributed by atoms with Crippen LogP contribution in [0.3, 0.4) is 0 Å². The Morgan fingerprint density at radius 3 is 2.79 bits per heavy atom. The highest BCUT2D eigenvalue weighted by atomic mass is 16.2. The summed E-state index contributed by atoms with van der Waals surface area (Å²) in [7, 11) is 0. The summed E-state index contributed by atoms with van der Waals surface area (Å²) in [5.74, 6) is -0.176. The van der Waals surface area contributed by atoms with E-state index < -0.39 is 0 Å². The first kappa shape index (κ1) is 13.5.